The highest BCUT2D eigenvalue weighted by Gasteiger charge is 2.34. The molecule has 63 heavy (non-hydrogen) atoms. The predicted octanol–water partition coefficient (Wildman–Crippen LogP) is 8.70. The van der Waals surface area contributed by atoms with Crippen LogP contribution < -0.4 is 19.7 Å². The van der Waals surface area contributed by atoms with Crippen LogP contribution in [0.25, 0.3) is 16.6 Å². The fourth-order valence-electron chi connectivity index (χ4n) is 8.54. The van der Waals surface area contributed by atoms with E-state index in [4.69, 9.17) is 9.47 Å². The van der Waals surface area contributed by atoms with Crippen LogP contribution in [0.1, 0.15) is 66.6 Å². The van der Waals surface area contributed by atoms with Gasteiger partial charge in [0.05, 0.1) is 39.8 Å². The van der Waals surface area contributed by atoms with E-state index in [1.807, 2.05) is 6.07 Å². The summed E-state index contributed by atoms with van der Waals surface area (Å²) >= 11 is 0. The molecule has 2 aliphatic heterocycles. The monoisotopic (exact) mass is 887 g/mol. The number of alkyl halides is 3. The second-order valence-electron chi connectivity index (χ2n) is 17.2. The van der Waals surface area contributed by atoms with E-state index in [9.17, 15) is 36.5 Å². The quantitative estimate of drug-likeness (QED) is 0.0809. The normalized spacial score (nSPS) is 18.4. The number of nitrogens with zero attached hydrogens (tertiary/aromatic N) is 4. The van der Waals surface area contributed by atoms with E-state index in [0.29, 0.717) is 69.3 Å². The Morgan fingerprint density at radius 1 is 1.06 bits per heavy atom. The number of hydrogen-bond donors (Lipinski definition) is 3. The number of halogens is 3. The minimum atomic E-state index is -4.60. The highest BCUT2D eigenvalue weighted by atomic mass is 32.2. The van der Waals surface area contributed by atoms with Crippen LogP contribution in [-0.2, 0) is 20.9 Å². The van der Waals surface area contributed by atoms with Gasteiger partial charge in [-0.3, -0.25) is 19.8 Å². The number of aryl methyl sites for hydroxylation is 1. The number of carbonyl (C=O) groups excluding carboxylic acids is 1. The molecular weight excluding hydrogens is 840 g/mol. The van der Waals surface area contributed by atoms with Crippen molar-refractivity contribution in [2.45, 2.75) is 63.6 Å². The number of benzene rings is 3. The van der Waals surface area contributed by atoms with E-state index in [2.05, 4.69) is 43.7 Å². The molecule has 2 saturated heterocycles. The fourth-order valence-corrected chi connectivity index (χ4v) is 9.53. The van der Waals surface area contributed by atoms with E-state index < -0.39 is 43.2 Å². The minimum absolute atomic E-state index is 0.0118. The van der Waals surface area contributed by atoms with Crippen LogP contribution in [0.2, 0.25) is 0 Å². The third kappa shape index (κ3) is 9.82. The first-order valence-electron chi connectivity index (χ1n) is 20.7. The lowest BCUT2D eigenvalue weighted by molar-refractivity contribution is -0.384. The Morgan fingerprint density at radius 3 is 2.57 bits per heavy atom. The van der Waals surface area contributed by atoms with Crippen molar-refractivity contribution < 1.29 is 40.8 Å². The summed E-state index contributed by atoms with van der Waals surface area (Å²) < 4.78 is 81.5. The number of amides is 1. The van der Waals surface area contributed by atoms with Gasteiger partial charge in [0.1, 0.15) is 22.8 Å². The number of fused-ring (bicyclic) bond motifs is 1. The van der Waals surface area contributed by atoms with Gasteiger partial charge in [-0.05, 0) is 103 Å². The summed E-state index contributed by atoms with van der Waals surface area (Å²) in [6.45, 7) is 10.3. The molecular formula is C45H48F3N7O7S. The largest absolute Gasteiger partial charge is 0.455 e. The Kier molecular flexibility index (Phi) is 12.0. The second kappa shape index (κ2) is 17.3. The van der Waals surface area contributed by atoms with Crippen molar-refractivity contribution in [3.63, 3.8) is 0 Å². The predicted molar refractivity (Wildman–Crippen MR) is 233 cm³/mol. The number of H-pyrrole nitrogens is 1. The molecule has 1 atom stereocenters. The van der Waals surface area contributed by atoms with Gasteiger partial charge in [0.2, 0.25) is 0 Å². The number of sulfonamides is 1. The van der Waals surface area contributed by atoms with Crippen LogP contribution in [0, 0.1) is 22.5 Å². The molecule has 2 aromatic heterocycles. The molecule has 3 N–H and O–H groups in total. The van der Waals surface area contributed by atoms with Crippen LogP contribution in [0.4, 0.5) is 30.2 Å². The molecule has 18 heteroatoms. The number of rotatable bonds is 12. The third-order valence-corrected chi connectivity index (χ3v) is 13.4. The molecule has 1 aliphatic carbocycles. The molecule has 332 valence electrons. The molecule has 14 nitrogen and oxygen atoms in total. The molecule has 0 radical (unpaired) electrons. The fraction of sp³-hybridized carbons (Fsp3) is 0.378. The lowest BCUT2D eigenvalue weighted by Crippen LogP contribution is -2.47. The van der Waals surface area contributed by atoms with Crippen molar-refractivity contribution >= 4 is 49.6 Å². The summed E-state index contributed by atoms with van der Waals surface area (Å²) in [5.74, 6) is -0.640. The number of hydrogen-bond acceptors (Lipinski definition) is 11. The molecule has 1 unspecified atom stereocenters. The number of piperazine rings is 1. The molecule has 0 saturated carbocycles. The number of aromatic nitrogens is 2. The average molecular weight is 888 g/mol. The molecule has 0 spiro atoms. The number of anilines is 2. The third-order valence-electron chi connectivity index (χ3n) is 12.0. The molecule has 3 aromatic carbocycles. The van der Waals surface area contributed by atoms with Gasteiger partial charge >= 0.3 is 6.18 Å². The van der Waals surface area contributed by atoms with Crippen molar-refractivity contribution in [1.82, 2.24) is 19.6 Å². The zero-order valence-electron chi connectivity index (χ0n) is 35.0. The van der Waals surface area contributed by atoms with Gasteiger partial charge in [-0.2, -0.15) is 13.2 Å². The minimum Gasteiger partial charge on any atom is -0.455 e. The number of carbonyl (C=O) groups is 1. The molecule has 4 heterocycles. The maximum atomic E-state index is 13.9. The summed E-state index contributed by atoms with van der Waals surface area (Å²) in [5.41, 5.74) is 4.11. The van der Waals surface area contributed by atoms with Gasteiger partial charge in [-0.15, -0.1) is 0 Å². The maximum absolute atomic E-state index is 13.9. The molecule has 3 aliphatic rings. The standard InChI is InChI=1S/C45H48F3N7O7S/c1-28-20-31(45(46,47)48)4-7-36(28)38-24-44(2,3)13-10-30(38)26-53-15-17-54(18-16-53)33-5-8-37(41(22-33)62-34-21-29-11-14-49-42(29)50-25-34)43(56)52-63(59,60)35-6-9-39(40(23-35)55(57)58)51-32-12-19-61-27-32/h4-9,11,14,20-23,25,32,51H,10,12-13,15-19,24,26-27H2,1-3H3,(H,49,50)(H,52,56). The average Bonchev–Trinajstić information content (AvgIpc) is 3.93. The van der Waals surface area contributed by atoms with Crippen molar-refractivity contribution in [3.8, 4) is 11.5 Å². The van der Waals surface area contributed by atoms with Crippen molar-refractivity contribution in [2.24, 2.45) is 5.41 Å². The van der Waals surface area contributed by atoms with Crippen molar-refractivity contribution in [2.75, 3.05) is 56.2 Å². The van der Waals surface area contributed by atoms with Crippen LogP contribution in [-0.4, -0.2) is 86.1 Å². The van der Waals surface area contributed by atoms with Gasteiger partial charge in [0.15, 0.2) is 0 Å². The zero-order valence-corrected chi connectivity index (χ0v) is 35.9. The summed E-state index contributed by atoms with van der Waals surface area (Å²) in [6, 6.07) is 15.7. The first-order valence-corrected chi connectivity index (χ1v) is 22.2. The van der Waals surface area contributed by atoms with Crippen LogP contribution in [0.3, 0.4) is 0 Å². The van der Waals surface area contributed by atoms with E-state index in [-0.39, 0.29) is 28.5 Å². The summed E-state index contributed by atoms with van der Waals surface area (Å²) in [7, 11) is -4.60. The molecule has 2 fully saturated rings. The number of nitro groups is 1. The van der Waals surface area contributed by atoms with Crippen LogP contribution >= 0.6 is 0 Å². The first kappa shape index (κ1) is 43.7. The lowest BCUT2D eigenvalue weighted by Gasteiger charge is -2.39. The number of aromatic amines is 1. The van der Waals surface area contributed by atoms with Crippen molar-refractivity contribution in [3.05, 3.63) is 117 Å². The van der Waals surface area contributed by atoms with E-state index in [1.165, 1.54) is 42.1 Å². The Hall–Kier alpha value is -5.98. The number of nitro benzene ring substituents is 1. The summed E-state index contributed by atoms with van der Waals surface area (Å²) in [6.07, 6.45) is 2.02. The Morgan fingerprint density at radius 2 is 1.86 bits per heavy atom. The number of allylic oxidation sites excluding steroid dienone is 1. The summed E-state index contributed by atoms with van der Waals surface area (Å²) in [5, 5.41) is 15.8. The van der Waals surface area contributed by atoms with Gasteiger partial charge in [-0.25, -0.2) is 18.1 Å². The molecule has 8 rings (SSSR count). The van der Waals surface area contributed by atoms with Gasteiger partial charge < -0.3 is 24.7 Å². The van der Waals surface area contributed by atoms with E-state index in [0.717, 1.165) is 47.5 Å². The lowest BCUT2D eigenvalue weighted by atomic mass is 9.72. The molecule has 5 aromatic rings. The van der Waals surface area contributed by atoms with Crippen LogP contribution in [0.5, 0.6) is 11.5 Å². The SMILES string of the molecule is Cc1cc(C(F)(F)F)ccc1C1=C(CN2CCN(c3ccc(C(=O)NS(=O)(=O)c4ccc(NC5CCOC5)c([N+](=O)[O-])c4)c(Oc4cnc5[nH]ccc5c4)c3)CC2)CCC(C)(C)C1. The zero-order chi connectivity index (χ0) is 44.7. The van der Waals surface area contributed by atoms with Gasteiger partial charge in [0, 0.05) is 68.7 Å². The van der Waals surface area contributed by atoms with Crippen molar-refractivity contribution in [1.29, 1.82) is 0 Å². The van der Waals surface area contributed by atoms with Gasteiger partial charge in [-0.1, -0.05) is 25.5 Å². The summed E-state index contributed by atoms with van der Waals surface area (Å²) in [4.78, 5) is 36.6. The van der Waals surface area contributed by atoms with Crippen LogP contribution in [0.15, 0.2) is 89.6 Å². The van der Waals surface area contributed by atoms with Gasteiger partial charge in [0.25, 0.3) is 21.6 Å². The number of nitrogens with one attached hydrogen (secondary N) is 3. The Balaban J connectivity index is 1.02. The Bertz CT molecular complexity index is 2700. The Labute approximate surface area is 362 Å². The van der Waals surface area contributed by atoms with E-state index in [1.54, 1.807) is 37.4 Å². The molecule has 0 bridgehead atoms. The number of pyridine rings is 1. The highest BCUT2D eigenvalue weighted by molar-refractivity contribution is 7.90. The highest BCUT2D eigenvalue weighted by Crippen LogP contribution is 2.45. The molecule has 1 amide bonds. The van der Waals surface area contributed by atoms with E-state index >= 15 is 0 Å². The number of ether oxygens (including phenoxy) is 2. The smallest absolute Gasteiger partial charge is 0.416 e. The maximum Gasteiger partial charge on any atom is 0.416 e. The second-order valence-corrected chi connectivity index (χ2v) is 18.8. The topological polar surface area (TPSA) is 172 Å². The first-order chi connectivity index (χ1) is 29.9.